The van der Waals surface area contributed by atoms with Gasteiger partial charge >= 0.3 is 0 Å². The van der Waals surface area contributed by atoms with Gasteiger partial charge in [-0.05, 0) is 57.0 Å². The van der Waals surface area contributed by atoms with Gasteiger partial charge in [0.15, 0.2) is 0 Å². The summed E-state index contributed by atoms with van der Waals surface area (Å²) in [5, 5.41) is 3.74. The molecule has 2 nitrogen and oxygen atoms in total. The van der Waals surface area contributed by atoms with Gasteiger partial charge in [-0.15, -0.1) is 0 Å². The summed E-state index contributed by atoms with van der Waals surface area (Å²) in [5.41, 5.74) is 0. The Morgan fingerprint density at radius 2 is 1.94 bits per heavy atom. The first-order valence-electron chi connectivity index (χ1n) is 6.92. The molecular formula is C13H26N2S. The third kappa shape index (κ3) is 4.64. The highest BCUT2D eigenvalue weighted by Crippen LogP contribution is 2.28. The van der Waals surface area contributed by atoms with Crippen LogP contribution in [0.3, 0.4) is 0 Å². The van der Waals surface area contributed by atoms with Gasteiger partial charge in [-0.1, -0.05) is 6.92 Å². The maximum Gasteiger partial charge on any atom is 0.00915 e. The third-order valence-corrected chi connectivity index (χ3v) is 4.62. The number of hydrogen-bond donors (Lipinski definition) is 1. The zero-order valence-corrected chi connectivity index (χ0v) is 11.4. The van der Waals surface area contributed by atoms with E-state index in [9.17, 15) is 0 Å². The van der Waals surface area contributed by atoms with Crippen molar-refractivity contribution in [2.45, 2.75) is 38.6 Å². The van der Waals surface area contributed by atoms with Gasteiger partial charge in [-0.25, -0.2) is 0 Å². The standard InChI is InChI=1S/C13H26N2S/c1-2-16-10-9-15-7-5-13(6-8-15)14-11-12-3-4-12/h12-14H,2-11H2,1H3. The fraction of sp³-hybridized carbons (Fsp3) is 1.00. The molecule has 0 bridgehead atoms. The van der Waals surface area contributed by atoms with Crippen LogP contribution in [0.2, 0.25) is 0 Å². The van der Waals surface area contributed by atoms with Crippen LogP contribution < -0.4 is 5.32 Å². The third-order valence-electron chi connectivity index (χ3n) is 3.74. The summed E-state index contributed by atoms with van der Waals surface area (Å²) in [6.07, 6.45) is 5.67. The van der Waals surface area contributed by atoms with Crippen molar-refractivity contribution in [3.63, 3.8) is 0 Å². The molecule has 1 saturated carbocycles. The van der Waals surface area contributed by atoms with E-state index in [-0.39, 0.29) is 0 Å². The van der Waals surface area contributed by atoms with Crippen LogP contribution in [0.1, 0.15) is 32.6 Å². The number of piperidine rings is 1. The molecular weight excluding hydrogens is 216 g/mol. The van der Waals surface area contributed by atoms with Crippen molar-refractivity contribution in [1.29, 1.82) is 0 Å². The molecule has 0 spiro atoms. The highest BCUT2D eigenvalue weighted by Gasteiger charge is 2.24. The lowest BCUT2D eigenvalue weighted by atomic mass is 10.1. The Morgan fingerprint density at radius 1 is 1.19 bits per heavy atom. The van der Waals surface area contributed by atoms with Crippen LogP contribution >= 0.6 is 11.8 Å². The topological polar surface area (TPSA) is 15.3 Å². The van der Waals surface area contributed by atoms with Crippen molar-refractivity contribution in [2.75, 3.05) is 37.7 Å². The molecule has 1 heterocycles. The molecule has 1 aliphatic carbocycles. The minimum atomic E-state index is 0.815. The predicted molar refractivity (Wildman–Crippen MR) is 73.2 cm³/mol. The Bertz CT molecular complexity index is 186. The van der Waals surface area contributed by atoms with E-state index in [0.29, 0.717) is 0 Å². The van der Waals surface area contributed by atoms with Crippen LogP contribution in [-0.2, 0) is 0 Å². The number of likely N-dealkylation sites (tertiary alicyclic amines) is 1. The molecule has 16 heavy (non-hydrogen) atoms. The molecule has 1 aliphatic heterocycles. The van der Waals surface area contributed by atoms with Gasteiger partial charge < -0.3 is 10.2 Å². The van der Waals surface area contributed by atoms with Crippen LogP contribution in [0.4, 0.5) is 0 Å². The smallest absolute Gasteiger partial charge is 0.00915 e. The Hall–Kier alpha value is 0.270. The largest absolute Gasteiger partial charge is 0.314 e. The maximum absolute atomic E-state index is 3.74. The molecule has 0 atom stereocenters. The fourth-order valence-electron chi connectivity index (χ4n) is 2.35. The summed E-state index contributed by atoms with van der Waals surface area (Å²) in [6.45, 7) is 7.46. The summed E-state index contributed by atoms with van der Waals surface area (Å²) in [4.78, 5) is 2.64. The van der Waals surface area contributed by atoms with E-state index in [1.807, 2.05) is 0 Å². The summed E-state index contributed by atoms with van der Waals surface area (Å²) in [5.74, 6) is 3.61. The Morgan fingerprint density at radius 3 is 2.56 bits per heavy atom. The molecule has 2 aliphatic rings. The number of thioether (sulfide) groups is 1. The second kappa shape index (κ2) is 6.87. The molecule has 2 fully saturated rings. The lowest BCUT2D eigenvalue weighted by Crippen LogP contribution is -2.43. The number of nitrogens with zero attached hydrogens (tertiary/aromatic N) is 1. The minimum absolute atomic E-state index is 0.815. The van der Waals surface area contributed by atoms with Crippen LogP contribution in [0, 0.1) is 5.92 Å². The molecule has 94 valence electrons. The molecule has 0 unspecified atom stereocenters. The van der Waals surface area contributed by atoms with Crippen molar-refractivity contribution < 1.29 is 0 Å². The van der Waals surface area contributed by atoms with Crippen molar-refractivity contribution in [2.24, 2.45) is 5.92 Å². The molecule has 2 rings (SSSR count). The van der Waals surface area contributed by atoms with Gasteiger partial charge in [0.05, 0.1) is 0 Å². The molecule has 0 amide bonds. The van der Waals surface area contributed by atoms with Gasteiger partial charge in [0.25, 0.3) is 0 Å². The lowest BCUT2D eigenvalue weighted by molar-refractivity contribution is 0.207. The summed E-state index contributed by atoms with van der Waals surface area (Å²) in [6, 6.07) is 0.815. The van der Waals surface area contributed by atoms with E-state index in [0.717, 1.165) is 12.0 Å². The molecule has 3 heteroatoms. The highest BCUT2D eigenvalue weighted by molar-refractivity contribution is 7.99. The van der Waals surface area contributed by atoms with Crippen LogP contribution in [0.5, 0.6) is 0 Å². The van der Waals surface area contributed by atoms with Gasteiger partial charge in [0, 0.05) is 18.3 Å². The maximum atomic E-state index is 3.74. The first-order chi connectivity index (χ1) is 7.88. The van der Waals surface area contributed by atoms with Crippen molar-refractivity contribution in [3.8, 4) is 0 Å². The van der Waals surface area contributed by atoms with Crippen LogP contribution in [-0.4, -0.2) is 48.6 Å². The van der Waals surface area contributed by atoms with Crippen LogP contribution in [0.15, 0.2) is 0 Å². The highest BCUT2D eigenvalue weighted by atomic mass is 32.2. The Kier molecular flexibility index (Phi) is 5.46. The van der Waals surface area contributed by atoms with Crippen LogP contribution in [0.25, 0.3) is 0 Å². The summed E-state index contributed by atoms with van der Waals surface area (Å²) >= 11 is 2.07. The monoisotopic (exact) mass is 242 g/mol. The molecule has 0 radical (unpaired) electrons. The minimum Gasteiger partial charge on any atom is -0.314 e. The zero-order valence-electron chi connectivity index (χ0n) is 10.6. The molecule has 0 aromatic rings. The van der Waals surface area contributed by atoms with E-state index in [1.54, 1.807) is 0 Å². The van der Waals surface area contributed by atoms with E-state index < -0.39 is 0 Å². The van der Waals surface area contributed by atoms with Crippen molar-refractivity contribution >= 4 is 11.8 Å². The molecule has 1 N–H and O–H groups in total. The molecule has 0 aromatic carbocycles. The molecule has 0 aromatic heterocycles. The first kappa shape index (κ1) is 12.7. The average molecular weight is 242 g/mol. The lowest BCUT2D eigenvalue weighted by Gasteiger charge is -2.32. The van der Waals surface area contributed by atoms with Gasteiger partial charge in [0.2, 0.25) is 0 Å². The van der Waals surface area contributed by atoms with Crippen molar-refractivity contribution in [3.05, 3.63) is 0 Å². The number of hydrogen-bond acceptors (Lipinski definition) is 3. The fourth-order valence-corrected chi connectivity index (χ4v) is 3.03. The Balaban J connectivity index is 1.51. The van der Waals surface area contributed by atoms with E-state index in [4.69, 9.17) is 0 Å². The quantitative estimate of drug-likeness (QED) is 0.689. The van der Waals surface area contributed by atoms with E-state index in [2.05, 4.69) is 28.9 Å². The average Bonchev–Trinajstić information content (AvgIpc) is 3.12. The second-order valence-electron chi connectivity index (χ2n) is 5.16. The van der Waals surface area contributed by atoms with Gasteiger partial charge in [-0.2, -0.15) is 11.8 Å². The van der Waals surface area contributed by atoms with E-state index in [1.165, 1.54) is 63.4 Å². The predicted octanol–water partition coefficient (Wildman–Crippen LogP) is 2.20. The van der Waals surface area contributed by atoms with Crippen molar-refractivity contribution in [1.82, 2.24) is 10.2 Å². The zero-order chi connectivity index (χ0) is 11.2. The second-order valence-corrected chi connectivity index (χ2v) is 6.56. The number of rotatable bonds is 7. The first-order valence-corrected chi connectivity index (χ1v) is 8.07. The summed E-state index contributed by atoms with van der Waals surface area (Å²) in [7, 11) is 0. The van der Waals surface area contributed by atoms with Gasteiger partial charge in [0.1, 0.15) is 0 Å². The SMILES string of the molecule is CCSCCN1CCC(NCC2CC2)CC1. The Labute approximate surface area is 105 Å². The number of nitrogens with one attached hydrogen (secondary N) is 1. The summed E-state index contributed by atoms with van der Waals surface area (Å²) < 4.78 is 0. The van der Waals surface area contributed by atoms with Gasteiger partial charge in [-0.3, -0.25) is 0 Å². The molecule has 1 saturated heterocycles. The normalized spacial score (nSPS) is 23.8. The van der Waals surface area contributed by atoms with E-state index >= 15 is 0 Å².